The number of hydrogen-bond donors (Lipinski definition) is 1. The summed E-state index contributed by atoms with van der Waals surface area (Å²) in [6.45, 7) is 5.27. The van der Waals surface area contributed by atoms with Crippen molar-refractivity contribution < 1.29 is 0 Å². The van der Waals surface area contributed by atoms with E-state index in [1.54, 1.807) is 0 Å². The molecule has 1 heterocycles. The Kier molecular flexibility index (Phi) is 4.77. The number of benzene rings is 1. The Morgan fingerprint density at radius 3 is 2.53 bits per heavy atom. The highest BCUT2D eigenvalue weighted by atomic mass is 79.9. The van der Waals surface area contributed by atoms with Crippen LogP contribution in [0, 0.1) is 6.92 Å². The average Bonchev–Trinajstić information content (AvgIpc) is 2.73. The quantitative estimate of drug-likeness (QED) is 0.912. The zero-order chi connectivity index (χ0) is 13.8. The van der Waals surface area contributed by atoms with Crippen LogP contribution in [0.2, 0.25) is 0 Å². The van der Waals surface area contributed by atoms with E-state index in [1.165, 1.54) is 11.1 Å². The third-order valence-corrected chi connectivity index (χ3v) is 3.83. The van der Waals surface area contributed by atoms with E-state index in [-0.39, 0.29) is 6.04 Å². The Morgan fingerprint density at radius 2 is 2.00 bits per heavy atom. The lowest BCUT2D eigenvalue weighted by atomic mass is 10.0. The largest absolute Gasteiger partial charge is 0.305 e. The second-order valence-corrected chi connectivity index (χ2v) is 5.65. The minimum Gasteiger partial charge on any atom is -0.305 e. The fourth-order valence-electron chi connectivity index (χ4n) is 2.16. The lowest BCUT2D eigenvalue weighted by molar-refractivity contribution is 0.552. The smallest absolute Gasteiger partial charge is 0.0759 e. The van der Waals surface area contributed by atoms with Crippen LogP contribution in [-0.2, 0) is 7.05 Å². The van der Waals surface area contributed by atoms with E-state index in [0.29, 0.717) is 0 Å². The molecular weight excluding hydrogens is 302 g/mol. The lowest BCUT2D eigenvalue weighted by Gasteiger charge is -2.20. The molecule has 0 spiro atoms. The van der Waals surface area contributed by atoms with Crippen LogP contribution in [0.1, 0.15) is 36.2 Å². The van der Waals surface area contributed by atoms with Crippen LogP contribution >= 0.6 is 15.9 Å². The molecule has 2 aromatic rings. The number of rotatable bonds is 5. The highest BCUT2D eigenvalue weighted by Gasteiger charge is 2.19. The van der Waals surface area contributed by atoms with E-state index in [1.807, 2.05) is 17.9 Å². The summed E-state index contributed by atoms with van der Waals surface area (Å²) in [5, 5.41) is 7.92. The highest BCUT2D eigenvalue weighted by molar-refractivity contribution is 9.10. The standard InChI is InChI=1S/C15H20BrN3/c1-4-9-17-14(12-7-5-11(2)6-8-12)15-13(16)10-18-19(15)3/h5-8,10,14,17H,4,9H2,1-3H3. The summed E-state index contributed by atoms with van der Waals surface area (Å²) in [5.41, 5.74) is 3.71. The van der Waals surface area contributed by atoms with Gasteiger partial charge in [0.05, 0.1) is 22.4 Å². The third kappa shape index (κ3) is 3.25. The molecule has 19 heavy (non-hydrogen) atoms. The van der Waals surface area contributed by atoms with Crippen molar-refractivity contribution in [1.29, 1.82) is 0 Å². The first-order chi connectivity index (χ1) is 9.13. The molecule has 0 aliphatic heterocycles. The van der Waals surface area contributed by atoms with Crippen molar-refractivity contribution in [3.05, 3.63) is 51.8 Å². The maximum atomic E-state index is 4.32. The summed E-state index contributed by atoms with van der Waals surface area (Å²) in [6, 6.07) is 8.84. The van der Waals surface area contributed by atoms with Crippen molar-refractivity contribution in [3.63, 3.8) is 0 Å². The molecule has 0 radical (unpaired) electrons. The minimum atomic E-state index is 0.169. The van der Waals surface area contributed by atoms with Gasteiger partial charge in [0.2, 0.25) is 0 Å². The average molecular weight is 322 g/mol. The summed E-state index contributed by atoms with van der Waals surface area (Å²) in [5.74, 6) is 0. The molecule has 0 amide bonds. The number of nitrogens with zero attached hydrogens (tertiary/aromatic N) is 2. The number of halogens is 1. The monoisotopic (exact) mass is 321 g/mol. The topological polar surface area (TPSA) is 29.9 Å². The van der Waals surface area contributed by atoms with Crippen LogP contribution < -0.4 is 5.32 Å². The van der Waals surface area contributed by atoms with Crippen molar-refractivity contribution in [3.8, 4) is 0 Å². The molecule has 3 nitrogen and oxygen atoms in total. The van der Waals surface area contributed by atoms with Crippen LogP contribution in [0.3, 0.4) is 0 Å². The molecule has 1 aromatic carbocycles. The van der Waals surface area contributed by atoms with Gasteiger partial charge in [-0.2, -0.15) is 5.10 Å². The van der Waals surface area contributed by atoms with Crippen molar-refractivity contribution >= 4 is 15.9 Å². The molecule has 0 aliphatic carbocycles. The van der Waals surface area contributed by atoms with Crippen molar-refractivity contribution in [2.75, 3.05) is 6.54 Å². The predicted molar refractivity (Wildman–Crippen MR) is 82.2 cm³/mol. The van der Waals surface area contributed by atoms with Gasteiger partial charge in [0.25, 0.3) is 0 Å². The Balaban J connectivity index is 2.38. The van der Waals surface area contributed by atoms with Crippen LogP contribution in [0.15, 0.2) is 34.9 Å². The normalized spacial score (nSPS) is 12.6. The molecule has 1 atom stereocenters. The molecule has 1 unspecified atom stereocenters. The van der Waals surface area contributed by atoms with Gasteiger partial charge in [-0.25, -0.2) is 0 Å². The molecule has 2 rings (SSSR count). The van der Waals surface area contributed by atoms with Crippen molar-refractivity contribution in [2.45, 2.75) is 26.3 Å². The molecule has 1 N–H and O–H groups in total. The van der Waals surface area contributed by atoms with Gasteiger partial charge in [0.1, 0.15) is 0 Å². The number of aromatic nitrogens is 2. The van der Waals surface area contributed by atoms with E-state index >= 15 is 0 Å². The van der Waals surface area contributed by atoms with Crippen LogP contribution in [-0.4, -0.2) is 16.3 Å². The number of aryl methyl sites for hydroxylation is 2. The molecule has 0 saturated carbocycles. The van der Waals surface area contributed by atoms with Gasteiger partial charge in [-0.1, -0.05) is 36.8 Å². The molecule has 0 aliphatic rings. The minimum absolute atomic E-state index is 0.169. The summed E-state index contributed by atoms with van der Waals surface area (Å²) in [4.78, 5) is 0. The van der Waals surface area contributed by atoms with Crippen LogP contribution in [0.5, 0.6) is 0 Å². The van der Waals surface area contributed by atoms with E-state index in [4.69, 9.17) is 0 Å². The molecule has 4 heteroatoms. The van der Waals surface area contributed by atoms with Gasteiger partial charge in [-0.15, -0.1) is 0 Å². The molecule has 1 aromatic heterocycles. The number of nitrogens with one attached hydrogen (secondary N) is 1. The first kappa shape index (κ1) is 14.3. The van der Waals surface area contributed by atoms with Gasteiger partial charge >= 0.3 is 0 Å². The SMILES string of the molecule is CCCNC(c1ccc(C)cc1)c1c(Br)cnn1C. The first-order valence-electron chi connectivity index (χ1n) is 6.60. The number of hydrogen-bond acceptors (Lipinski definition) is 2. The van der Waals surface area contributed by atoms with Crippen molar-refractivity contribution in [2.24, 2.45) is 7.05 Å². The third-order valence-electron chi connectivity index (χ3n) is 3.22. The van der Waals surface area contributed by atoms with Gasteiger partial charge in [0, 0.05) is 7.05 Å². The first-order valence-corrected chi connectivity index (χ1v) is 7.40. The molecular formula is C15H20BrN3. The summed E-state index contributed by atoms with van der Waals surface area (Å²) in [6.07, 6.45) is 2.96. The Bertz CT molecular complexity index is 511. The Morgan fingerprint density at radius 1 is 1.32 bits per heavy atom. The fraction of sp³-hybridized carbons (Fsp3) is 0.400. The second kappa shape index (κ2) is 6.35. The zero-order valence-corrected chi connectivity index (χ0v) is 13.2. The fourth-order valence-corrected chi connectivity index (χ4v) is 2.74. The lowest BCUT2D eigenvalue weighted by Crippen LogP contribution is -2.25. The molecule has 0 bridgehead atoms. The van der Waals surface area contributed by atoms with E-state index in [0.717, 1.165) is 23.1 Å². The molecule has 102 valence electrons. The summed E-state index contributed by atoms with van der Waals surface area (Å²) >= 11 is 3.60. The van der Waals surface area contributed by atoms with E-state index in [9.17, 15) is 0 Å². The van der Waals surface area contributed by atoms with Gasteiger partial charge in [-0.3, -0.25) is 4.68 Å². The summed E-state index contributed by atoms with van der Waals surface area (Å²) < 4.78 is 2.97. The Labute approximate surface area is 123 Å². The van der Waals surface area contributed by atoms with E-state index in [2.05, 4.69) is 64.5 Å². The maximum absolute atomic E-state index is 4.32. The van der Waals surface area contributed by atoms with Crippen LogP contribution in [0.25, 0.3) is 0 Å². The zero-order valence-electron chi connectivity index (χ0n) is 11.7. The van der Waals surface area contributed by atoms with E-state index < -0.39 is 0 Å². The second-order valence-electron chi connectivity index (χ2n) is 4.80. The van der Waals surface area contributed by atoms with Gasteiger partial charge in [0.15, 0.2) is 0 Å². The van der Waals surface area contributed by atoms with Crippen LogP contribution in [0.4, 0.5) is 0 Å². The Hall–Kier alpha value is -1.13. The summed E-state index contributed by atoms with van der Waals surface area (Å²) in [7, 11) is 1.98. The van der Waals surface area contributed by atoms with Crippen molar-refractivity contribution in [1.82, 2.24) is 15.1 Å². The molecule has 0 saturated heterocycles. The maximum Gasteiger partial charge on any atom is 0.0759 e. The van der Waals surface area contributed by atoms with Gasteiger partial charge < -0.3 is 5.32 Å². The predicted octanol–water partition coefficient (Wildman–Crippen LogP) is 3.58. The molecule has 0 fully saturated rings. The van der Waals surface area contributed by atoms with Gasteiger partial charge in [-0.05, 0) is 41.4 Å². The highest BCUT2D eigenvalue weighted by Crippen LogP contribution is 2.28.